The number of hydrogen-bond donors (Lipinski definition) is 0. The minimum Gasteiger partial charge on any atom is -0.298 e. The first-order valence-corrected chi connectivity index (χ1v) is 5.77. The SMILES string of the molecule is O=Cc1cccc(-c2cccc3cnccc23)c1. The summed E-state index contributed by atoms with van der Waals surface area (Å²) < 4.78 is 0. The second-order valence-electron chi connectivity index (χ2n) is 4.15. The molecule has 1 heterocycles. The van der Waals surface area contributed by atoms with Crippen molar-refractivity contribution < 1.29 is 4.79 Å². The standard InChI is InChI=1S/C16H11NO/c18-11-12-3-1-4-13(9-12)15-6-2-5-14-10-17-8-7-16(14)15/h1-11H. The van der Waals surface area contributed by atoms with Crippen LogP contribution in [0, 0.1) is 0 Å². The highest BCUT2D eigenvalue weighted by atomic mass is 16.1. The fourth-order valence-electron chi connectivity index (χ4n) is 2.15. The van der Waals surface area contributed by atoms with Crippen LogP contribution in [-0.4, -0.2) is 11.3 Å². The van der Waals surface area contributed by atoms with Gasteiger partial charge in [0, 0.05) is 23.3 Å². The molecule has 0 aliphatic heterocycles. The second kappa shape index (κ2) is 4.41. The summed E-state index contributed by atoms with van der Waals surface area (Å²) in [6.07, 6.45) is 4.51. The van der Waals surface area contributed by atoms with Gasteiger partial charge in [0.05, 0.1) is 0 Å². The lowest BCUT2D eigenvalue weighted by Crippen LogP contribution is -1.85. The van der Waals surface area contributed by atoms with Gasteiger partial charge in [-0.1, -0.05) is 36.4 Å². The van der Waals surface area contributed by atoms with Gasteiger partial charge < -0.3 is 0 Å². The summed E-state index contributed by atoms with van der Waals surface area (Å²) in [5, 5.41) is 2.25. The van der Waals surface area contributed by atoms with E-state index in [1.165, 1.54) is 0 Å². The molecule has 0 unspecified atom stereocenters. The zero-order valence-corrected chi connectivity index (χ0v) is 9.71. The average molecular weight is 233 g/mol. The maximum atomic E-state index is 10.8. The van der Waals surface area contributed by atoms with E-state index in [0.29, 0.717) is 5.56 Å². The van der Waals surface area contributed by atoms with Gasteiger partial charge in [0.2, 0.25) is 0 Å². The van der Waals surface area contributed by atoms with Gasteiger partial charge in [-0.15, -0.1) is 0 Å². The summed E-state index contributed by atoms with van der Waals surface area (Å²) in [7, 11) is 0. The third-order valence-corrected chi connectivity index (χ3v) is 3.01. The van der Waals surface area contributed by atoms with E-state index in [1.807, 2.05) is 48.7 Å². The van der Waals surface area contributed by atoms with Crippen LogP contribution in [0.2, 0.25) is 0 Å². The molecule has 0 atom stereocenters. The molecule has 0 saturated heterocycles. The first-order valence-electron chi connectivity index (χ1n) is 5.77. The van der Waals surface area contributed by atoms with E-state index in [9.17, 15) is 4.79 Å². The number of fused-ring (bicyclic) bond motifs is 1. The van der Waals surface area contributed by atoms with Crippen LogP contribution < -0.4 is 0 Å². The van der Waals surface area contributed by atoms with Crippen LogP contribution in [0.4, 0.5) is 0 Å². The Kier molecular flexibility index (Phi) is 2.61. The number of nitrogens with zero attached hydrogens (tertiary/aromatic N) is 1. The number of pyridine rings is 1. The zero-order valence-electron chi connectivity index (χ0n) is 9.71. The van der Waals surface area contributed by atoms with Crippen molar-refractivity contribution in [2.45, 2.75) is 0 Å². The fraction of sp³-hybridized carbons (Fsp3) is 0. The molecule has 0 aliphatic rings. The maximum absolute atomic E-state index is 10.8. The van der Waals surface area contributed by atoms with Crippen molar-refractivity contribution in [2.24, 2.45) is 0 Å². The van der Waals surface area contributed by atoms with Crippen LogP contribution in [0.25, 0.3) is 21.9 Å². The summed E-state index contributed by atoms with van der Waals surface area (Å²) in [6.45, 7) is 0. The predicted molar refractivity (Wildman–Crippen MR) is 72.6 cm³/mol. The maximum Gasteiger partial charge on any atom is 0.150 e. The minimum atomic E-state index is 0.693. The van der Waals surface area contributed by atoms with E-state index >= 15 is 0 Å². The Bertz CT molecular complexity index is 714. The van der Waals surface area contributed by atoms with Gasteiger partial charge in [-0.05, 0) is 28.6 Å². The quantitative estimate of drug-likeness (QED) is 0.631. The van der Waals surface area contributed by atoms with Crippen molar-refractivity contribution in [3.05, 3.63) is 66.5 Å². The van der Waals surface area contributed by atoms with Gasteiger partial charge in [-0.25, -0.2) is 0 Å². The summed E-state index contributed by atoms with van der Waals surface area (Å²) in [4.78, 5) is 15.0. The number of carbonyl (C=O) groups excluding carboxylic acids is 1. The predicted octanol–water partition coefficient (Wildman–Crippen LogP) is 3.71. The average Bonchev–Trinajstić information content (AvgIpc) is 2.47. The molecule has 3 aromatic rings. The number of carbonyl (C=O) groups is 1. The molecule has 0 N–H and O–H groups in total. The van der Waals surface area contributed by atoms with E-state index < -0.39 is 0 Å². The lowest BCUT2D eigenvalue weighted by molar-refractivity contribution is 0.112. The van der Waals surface area contributed by atoms with Crippen LogP contribution >= 0.6 is 0 Å². The van der Waals surface area contributed by atoms with Gasteiger partial charge in [0.15, 0.2) is 0 Å². The van der Waals surface area contributed by atoms with Crippen LogP contribution in [-0.2, 0) is 0 Å². The van der Waals surface area contributed by atoms with Crippen LogP contribution in [0.1, 0.15) is 10.4 Å². The van der Waals surface area contributed by atoms with Crippen LogP contribution in [0.3, 0.4) is 0 Å². The number of benzene rings is 2. The minimum absolute atomic E-state index is 0.693. The van der Waals surface area contributed by atoms with Crippen molar-refractivity contribution in [1.29, 1.82) is 0 Å². The molecule has 2 heteroatoms. The van der Waals surface area contributed by atoms with Gasteiger partial charge in [-0.3, -0.25) is 9.78 Å². The molecule has 86 valence electrons. The third-order valence-electron chi connectivity index (χ3n) is 3.01. The number of aldehydes is 1. The van der Waals surface area contributed by atoms with Gasteiger partial charge in [0.1, 0.15) is 6.29 Å². The van der Waals surface area contributed by atoms with Gasteiger partial charge in [0.25, 0.3) is 0 Å². The highest BCUT2D eigenvalue weighted by Crippen LogP contribution is 2.28. The molecule has 18 heavy (non-hydrogen) atoms. The Morgan fingerprint density at radius 1 is 1.00 bits per heavy atom. The number of rotatable bonds is 2. The number of hydrogen-bond acceptors (Lipinski definition) is 2. The molecule has 0 bridgehead atoms. The molecule has 0 amide bonds. The summed E-state index contributed by atoms with van der Waals surface area (Å²) in [6, 6.07) is 15.7. The highest BCUT2D eigenvalue weighted by molar-refractivity contribution is 5.96. The largest absolute Gasteiger partial charge is 0.298 e. The summed E-state index contributed by atoms with van der Waals surface area (Å²) in [5.41, 5.74) is 2.87. The summed E-state index contributed by atoms with van der Waals surface area (Å²) >= 11 is 0. The van der Waals surface area contributed by atoms with Gasteiger partial charge in [-0.2, -0.15) is 0 Å². The molecule has 2 aromatic carbocycles. The first kappa shape index (κ1) is 10.7. The van der Waals surface area contributed by atoms with Crippen molar-refractivity contribution in [1.82, 2.24) is 4.98 Å². The molecular formula is C16H11NO. The Hall–Kier alpha value is -2.48. The van der Waals surface area contributed by atoms with E-state index in [4.69, 9.17) is 0 Å². The summed E-state index contributed by atoms with van der Waals surface area (Å²) in [5.74, 6) is 0. The Morgan fingerprint density at radius 2 is 1.89 bits per heavy atom. The molecule has 3 rings (SSSR count). The molecule has 1 aromatic heterocycles. The molecule has 0 radical (unpaired) electrons. The smallest absolute Gasteiger partial charge is 0.150 e. The number of aromatic nitrogens is 1. The van der Waals surface area contributed by atoms with E-state index in [-0.39, 0.29) is 0 Å². The molecular weight excluding hydrogens is 222 g/mol. The van der Waals surface area contributed by atoms with Crippen LogP contribution in [0.5, 0.6) is 0 Å². The Morgan fingerprint density at radius 3 is 2.78 bits per heavy atom. The zero-order chi connectivity index (χ0) is 12.4. The van der Waals surface area contributed by atoms with E-state index in [2.05, 4.69) is 11.1 Å². The third kappa shape index (κ3) is 1.78. The van der Waals surface area contributed by atoms with Gasteiger partial charge >= 0.3 is 0 Å². The molecule has 0 spiro atoms. The molecule has 0 saturated carbocycles. The normalized spacial score (nSPS) is 10.4. The first-order chi connectivity index (χ1) is 8.88. The molecule has 0 aliphatic carbocycles. The molecule has 2 nitrogen and oxygen atoms in total. The second-order valence-corrected chi connectivity index (χ2v) is 4.15. The topological polar surface area (TPSA) is 30.0 Å². The van der Waals surface area contributed by atoms with Crippen LogP contribution in [0.15, 0.2) is 60.9 Å². The van der Waals surface area contributed by atoms with Crippen molar-refractivity contribution in [3.63, 3.8) is 0 Å². The Labute approximate surface area is 105 Å². The fourth-order valence-corrected chi connectivity index (χ4v) is 2.15. The highest BCUT2D eigenvalue weighted by Gasteiger charge is 2.03. The Balaban J connectivity index is 2.27. The lowest BCUT2D eigenvalue weighted by atomic mass is 9.98. The van der Waals surface area contributed by atoms with Crippen molar-refractivity contribution >= 4 is 17.1 Å². The monoisotopic (exact) mass is 233 g/mol. The van der Waals surface area contributed by atoms with Crippen molar-refractivity contribution in [3.8, 4) is 11.1 Å². The lowest BCUT2D eigenvalue weighted by Gasteiger charge is -2.06. The van der Waals surface area contributed by atoms with E-state index in [0.717, 1.165) is 28.2 Å². The van der Waals surface area contributed by atoms with E-state index in [1.54, 1.807) is 6.20 Å². The van der Waals surface area contributed by atoms with Crippen molar-refractivity contribution in [2.75, 3.05) is 0 Å². The molecule has 0 fully saturated rings.